The van der Waals surface area contributed by atoms with Gasteiger partial charge in [0.05, 0.1) is 12.6 Å². The Balaban J connectivity index is 2.28. The van der Waals surface area contributed by atoms with Gasteiger partial charge in [-0.2, -0.15) is 0 Å². The number of halogens is 1. The highest BCUT2D eigenvalue weighted by Crippen LogP contribution is 2.33. The van der Waals surface area contributed by atoms with Gasteiger partial charge in [-0.3, -0.25) is 0 Å². The summed E-state index contributed by atoms with van der Waals surface area (Å²) >= 11 is 3.49. The molecule has 3 nitrogen and oxygen atoms in total. The van der Waals surface area contributed by atoms with Crippen LogP contribution in [0.5, 0.6) is 0 Å². The summed E-state index contributed by atoms with van der Waals surface area (Å²) in [5, 5.41) is 0. The van der Waals surface area contributed by atoms with E-state index in [-0.39, 0.29) is 0 Å². The van der Waals surface area contributed by atoms with E-state index in [1.165, 1.54) is 11.3 Å². The van der Waals surface area contributed by atoms with E-state index >= 15 is 0 Å². The fraction of sp³-hybridized carbons (Fsp3) is 0.455. The van der Waals surface area contributed by atoms with Crippen LogP contribution < -0.4 is 10.8 Å². The standard InChI is InChI=1S/C11H15BrN2O/c1-2-14-10(7-15-13)6-8-5-9(12)3-4-11(8)14/h3-5,10H,2,6-7,13H2,1H3. The number of hydrogen-bond acceptors (Lipinski definition) is 3. The van der Waals surface area contributed by atoms with Crippen LogP contribution in [0.1, 0.15) is 12.5 Å². The van der Waals surface area contributed by atoms with Gasteiger partial charge in [0.15, 0.2) is 0 Å². The number of hydrogen-bond donors (Lipinski definition) is 1. The minimum absolute atomic E-state index is 0.379. The first-order chi connectivity index (χ1) is 7.26. The lowest BCUT2D eigenvalue weighted by molar-refractivity contribution is 0.123. The van der Waals surface area contributed by atoms with E-state index in [2.05, 4.69) is 46.0 Å². The van der Waals surface area contributed by atoms with Gasteiger partial charge in [0.2, 0.25) is 0 Å². The van der Waals surface area contributed by atoms with Gasteiger partial charge in [0.1, 0.15) is 0 Å². The maximum absolute atomic E-state index is 5.15. The zero-order chi connectivity index (χ0) is 10.8. The molecule has 0 saturated heterocycles. The molecule has 1 aromatic carbocycles. The molecule has 0 amide bonds. The fourth-order valence-electron chi connectivity index (χ4n) is 2.25. The molecule has 4 heteroatoms. The molecule has 1 aromatic rings. The Morgan fingerprint density at radius 1 is 1.60 bits per heavy atom. The number of nitrogens with two attached hydrogens (primary N) is 1. The average molecular weight is 271 g/mol. The summed E-state index contributed by atoms with van der Waals surface area (Å²) < 4.78 is 1.13. The van der Waals surface area contributed by atoms with Crippen LogP contribution in [0.25, 0.3) is 0 Å². The number of rotatable bonds is 3. The van der Waals surface area contributed by atoms with Crippen molar-refractivity contribution in [2.75, 3.05) is 18.1 Å². The Morgan fingerprint density at radius 2 is 2.40 bits per heavy atom. The highest BCUT2D eigenvalue weighted by atomic mass is 79.9. The van der Waals surface area contributed by atoms with Gasteiger partial charge in [-0.25, -0.2) is 5.90 Å². The minimum Gasteiger partial charge on any atom is -0.366 e. The van der Waals surface area contributed by atoms with E-state index in [0.29, 0.717) is 12.6 Å². The van der Waals surface area contributed by atoms with Crippen LogP contribution in [0.4, 0.5) is 5.69 Å². The third kappa shape index (κ3) is 2.02. The Kier molecular flexibility index (Phi) is 3.29. The summed E-state index contributed by atoms with van der Waals surface area (Å²) in [6, 6.07) is 6.78. The molecule has 1 heterocycles. The van der Waals surface area contributed by atoms with Gasteiger partial charge in [-0.1, -0.05) is 15.9 Å². The lowest BCUT2D eigenvalue weighted by Crippen LogP contribution is -2.36. The molecule has 0 radical (unpaired) electrons. The van der Waals surface area contributed by atoms with Crippen LogP contribution in [0.15, 0.2) is 22.7 Å². The molecule has 15 heavy (non-hydrogen) atoms. The molecule has 0 aliphatic carbocycles. The van der Waals surface area contributed by atoms with Crippen molar-refractivity contribution < 1.29 is 4.84 Å². The molecule has 1 aliphatic rings. The zero-order valence-corrected chi connectivity index (χ0v) is 10.3. The van der Waals surface area contributed by atoms with Gasteiger partial charge in [-0.05, 0) is 37.1 Å². The van der Waals surface area contributed by atoms with E-state index in [9.17, 15) is 0 Å². The maximum atomic E-state index is 5.15. The van der Waals surface area contributed by atoms with Crippen molar-refractivity contribution in [1.82, 2.24) is 0 Å². The summed E-state index contributed by atoms with van der Waals surface area (Å²) in [5.74, 6) is 5.15. The summed E-state index contributed by atoms with van der Waals surface area (Å²) in [4.78, 5) is 7.11. The van der Waals surface area contributed by atoms with Crippen LogP contribution in [-0.2, 0) is 11.3 Å². The van der Waals surface area contributed by atoms with Crippen molar-refractivity contribution >= 4 is 21.6 Å². The number of benzene rings is 1. The predicted molar refractivity (Wildman–Crippen MR) is 64.8 cm³/mol. The SMILES string of the molecule is CCN1c2ccc(Br)cc2CC1CON. The van der Waals surface area contributed by atoms with Crippen molar-refractivity contribution in [3.8, 4) is 0 Å². The predicted octanol–water partition coefficient (Wildman–Crippen LogP) is 2.09. The van der Waals surface area contributed by atoms with Gasteiger partial charge in [0.25, 0.3) is 0 Å². The first-order valence-corrected chi connectivity index (χ1v) is 5.92. The average Bonchev–Trinajstić information content (AvgIpc) is 2.54. The Hall–Kier alpha value is -0.580. The molecule has 1 aliphatic heterocycles. The topological polar surface area (TPSA) is 38.5 Å². The Bertz CT molecular complexity index is 356. The lowest BCUT2D eigenvalue weighted by Gasteiger charge is -2.25. The second-order valence-corrected chi connectivity index (χ2v) is 4.67. The lowest BCUT2D eigenvalue weighted by atomic mass is 10.1. The quantitative estimate of drug-likeness (QED) is 0.855. The van der Waals surface area contributed by atoms with Crippen LogP contribution in [0.3, 0.4) is 0 Å². The molecule has 82 valence electrons. The van der Waals surface area contributed by atoms with Crippen molar-refractivity contribution in [3.63, 3.8) is 0 Å². The summed E-state index contributed by atoms with van der Waals surface area (Å²) in [6.45, 7) is 3.73. The molecular weight excluding hydrogens is 256 g/mol. The normalized spacial score (nSPS) is 19.4. The van der Waals surface area contributed by atoms with Gasteiger partial charge < -0.3 is 9.74 Å². The van der Waals surface area contributed by atoms with E-state index in [1.807, 2.05) is 0 Å². The maximum Gasteiger partial charge on any atom is 0.0885 e. The van der Waals surface area contributed by atoms with E-state index < -0.39 is 0 Å². The van der Waals surface area contributed by atoms with Crippen molar-refractivity contribution in [3.05, 3.63) is 28.2 Å². The summed E-state index contributed by atoms with van der Waals surface area (Å²) in [6.07, 6.45) is 1.01. The Labute approximate surface area is 98.3 Å². The highest BCUT2D eigenvalue weighted by molar-refractivity contribution is 9.10. The first kappa shape index (κ1) is 10.9. The van der Waals surface area contributed by atoms with E-state index in [4.69, 9.17) is 10.7 Å². The molecular formula is C11H15BrN2O. The molecule has 1 atom stereocenters. The molecule has 0 aromatic heterocycles. The molecule has 0 fully saturated rings. The van der Waals surface area contributed by atoms with Gasteiger partial charge in [-0.15, -0.1) is 0 Å². The van der Waals surface area contributed by atoms with E-state index in [0.717, 1.165) is 17.4 Å². The number of fused-ring (bicyclic) bond motifs is 1. The number of likely N-dealkylation sites (N-methyl/N-ethyl adjacent to an activating group) is 1. The molecule has 2 N–H and O–H groups in total. The van der Waals surface area contributed by atoms with Gasteiger partial charge in [0, 0.05) is 16.7 Å². The Morgan fingerprint density at radius 3 is 3.07 bits per heavy atom. The molecule has 0 saturated carbocycles. The van der Waals surface area contributed by atoms with Crippen LogP contribution in [0.2, 0.25) is 0 Å². The largest absolute Gasteiger partial charge is 0.366 e. The van der Waals surface area contributed by atoms with Crippen LogP contribution in [-0.4, -0.2) is 19.2 Å². The second kappa shape index (κ2) is 4.51. The third-order valence-electron chi connectivity index (χ3n) is 2.88. The smallest absolute Gasteiger partial charge is 0.0885 e. The monoisotopic (exact) mass is 270 g/mol. The van der Waals surface area contributed by atoms with Crippen molar-refractivity contribution in [2.45, 2.75) is 19.4 Å². The van der Waals surface area contributed by atoms with Crippen LogP contribution >= 0.6 is 15.9 Å². The summed E-state index contributed by atoms with van der Waals surface area (Å²) in [5.41, 5.74) is 2.68. The first-order valence-electron chi connectivity index (χ1n) is 5.13. The summed E-state index contributed by atoms with van der Waals surface area (Å²) in [7, 11) is 0. The number of nitrogens with zero attached hydrogens (tertiary/aromatic N) is 1. The molecule has 0 bridgehead atoms. The third-order valence-corrected chi connectivity index (χ3v) is 3.37. The molecule has 0 spiro atoms. The van der Waals surface area contributed by atoms with Gasteiger partial charge >= 0.3 is 0 Å². The van der Waals surface area contributed by atoms with E-state index in [1.54, 1.807) is 0 Å². The second-order valence-electron chi connectivity index (χ2n) is 3.75. The van der Waals surface area contributed by atoms with Crippen molar-refractivity contribution in [1.29, 1.82) is 0 Å². The number of anilines is 1. The molecule has 1 unspecified atom stereocenters. The minimum atomic E-state index is 0.379. The van der Waals surface area contributed by atoms with Crippen LogP contribution in [0, 0.1) is 0 Å². The molecule has 2 rings (SSSR count). The van der Waals surface area contributed by atoms with Crippen molar-refractivity contribution in [2.24, 2.45) is 5.90 Å². The fourth-order valence-corrected chi connectivity index (χ4v) is 2.66. The zero-order valence-electron chi connectivity index (χ0n) is 8.74. The highest BCUT2D eigenvalue weighted by Gasteiger charge is 2.27.